The van der Waals surface area contributed by atoms with E-state index >= 15 is 0 Å². The van der Waals surface area contributed by atoms with Gasteiger partial charge < -0.3 is 19.5 Å². The van der Waals surface area contributed by atoms with Crippen LogP contribution in [0.4, 0.5) is 0 Å². The van der Waals surface area contributed by atoms with E-state index < -0.39 is 0 Å². The highest BCUT2D eigenvalue weighted by Gasteiger charge is 2.18. The molecule has 0 spiro atoms. The average molecular weight is 391 g/mol. The Labute approximate surface area is 163 Å². The standard InChI is InChI=1S/C19H25N3O4S/c1-14-18(27-17(21-14)13-22-8-11-25-12-9-22)19(23)20-7-10-26-16-5-3-15(24-2)4-6-16/h3-6H,7-13H2,1-2H3,(H,20,23). The minimum Gasteiger partial charge on any atom is -0.497 e. The number of methoxy groups -OCH3 is 1. The summed E-state index contributed by atoms with van der Waals surface area (Å²) in [6.07, 6.45) is 0. The molecule has 27 heavy (non-hydrogen) atoms. The number of hydrogen-bond acceptors (Lipinski definition) is 7. The number of aromatic nitrogens is 1. The molecule has 1 aliphatic rings. The second-order valence-electron chi connectivity index (χ2n) is 6.19. The Balaban J connectivity index is 1.44. The summed E-state index contributed by atoms with van der Waals surface area (Å²) in [7, 11) is 1.62. The summed E-state index contributed by atoms with van der Waals surface area (Å²) in [4.78, 5) is 19.9. The van der Waals surface area contributed by atoms with Crippen LogP contribution in [0.25, 0.3) is 0 Å². The number of benzene rings is 1. The van der Waals surface area contributed by atoms with Gasteiger partial charge in [0.15, 0.2) is 0 Å². The number of hydrogen-bond donors (Lipinski definition) is 1. The number of ether oxygens (including phenoxy) is 3. The molecule has 1 aromatic heterocycles. The molecule has 0 atom stereocenters. The molecule has 1 aliphatic heterocycles. The van der Waals surface area contributed by atoms with Gasteiger partial charge in [-0.2, -0.15) is 0 Å². The second-order valence-corrected chi connectivity index (χ2v) is 7.27. The van der Waals surface area contributed by atoms with Crippen LogP contribution in [0.15, 0.2) is 24.3 Å². The molecule has 8 heteroatoms. The van der Waals surface area contributed by atoms with Gasteiger partial charge in [0.05, 0.1) is 39.1 Å². The third-order valence-electron chi connectivity index (χ3n) is 4.23. The molecule has 0 aliphatic carbocycles. The number of amides is 1. The van der Waals surface area contributed by atoms with Gasteiger partial charge in [-0.3, -0.25) is 9.69 Å². The second kappa shape index (κ2) is 9.68. The first-order valence-electron chi connectivity index (χ1n) is 8.97. The maximum Gasteiger partial charge on any atom is 0.263 e. The van der Waals surface area contributed by atoms with Gasteiger partial charge in [0.2, 0.25) is 0 Å². The van der Waals surface area contributed by atoms with Gasteiger partial charge in [0.1, 0.15) is 28.0 Å². The van der Waals surface area contributed by atoms with Crippen LogP contribution < -0.4 is 14.8 Å². The minimum atomic E-state index is -0.100. The molecule has 1 N–H and O–H groups in total. The topological polar surface area (TPSA) is 72.9 Å². The maximum atomic E-state index is 12.4. The zero-order valence-corrected chi connectivity index (χ0v) is 16.5. The van der Waals surface area contributed by atoms with Crippen molar-refractivity contribution in [1.29, 1.82) is 0 Å². The first-order valence-corrected chi connectivity index (χ1v) is 9.79. The Bertz CT molecular complexity index is 742. The van der Waals surface area contributed by atoms with E-state index in [2.05, 4.69) is 15.2 Å². The smallest absolute Gasteiger partial charge is 0.263 e. The van der Waals surface area contributed by atoms with Crippen LogP contribution in [-0.2, 0) is 11.3 Å². The molecular formula is C19H25N3O4S. The Morgan fingerprint density at radius 1 is 1.26 bits per heavy atom. The van der Waals surface area contributed by atoms with E-state index in [9.17, 15) is 4.79 Å². The summed E-state index contributed by atoms with van der Waals surface area (Å²) < 4.78 is 16.1. The number of carbonyl (C=O) groups excluding carboxylic acids is 1. The van der Waals surface area contributed by atoms with Crippen LogP contribution in [0, 0.1) is 6.92 Å². The van der Waals surface area contributed by atoms with Crippen LogP contribution in [0.1, 0.15) is 20.4 Å². The molecule has 2 aromatic rings. The summed E-state index contributed by atoms with van der Waals surface area (Å²) in [6.45, 7) is 6.80. The van der Waals surface area contributed by atoms with Crippen molar-refractivity contribution < 1.29 is 19.0 Å². The lowest BCUT2D eigenvalue weighted by molar-refractivity contribution is 0.0341. The normalized spacial score (nSPS) is 14.7. The van der Waals surface area contributed by atoms with Crippen molar-refractivity contribution in [2.45, 2.75) is 13.5 Å². The van der Waals surface area contributed by atoms with E-state index in [0.717, 1.165) is 55.0 Å². The summed E-state index contributed by atoms with van der Waals surface area (Å²) in [6, 6.07) is 7.35. The molecule has 1 saturated heterocycles. The third kappa shape index (κ3) is 5.66. The average Bonchev–Trinajstić information content (AvgIpc) is 3.06. The predicted molar refractivity (Wildman–Crippen MR) is 104 cm³/mol. The quantitative estimate of drug-likeness (QED) is 0.695. The Morgan fingerprint density at radius 2 is 1.96 bits per heavy atom. The summed E-state index contributed by atoms with van der Waals surface area (Å²) in [5.41, 5.74) is 0.775. The van der Waals surface area contributed by atoms with E-state index in [4.69, 9.17) is 14.2 Å². The highest BCUT2D eigenvalue weighted by molar-refractivity contribution is 7.13. The first-order chi connectivity index (χ1) is 13.2. The molecule has 3 rings (SSSR count). The number of nitrogens with zero attached hydrogens (tertiary/aromatic N) is 2. The molecule has 146 valence electrons. The molecule has 0 bridgehead atoms. The molecule has 1 aromatic carbocycles. The van der Waals surface area contributed by atoms with E-state index in [-0.39, 0.29) is 5.91 Å². The molecule has 1 fully saturated rings. The van der Waals surface area contributed by atoms with Crippen molar-refractivity contribution in [2.75, 3.05) is 46.6 Å². The van der Waals surface area contributed by atoms with Gasteiger partial charge in [-0.15, -0.1) is 11.3 Å². The fourth-order valence-electron chi connectivity index (χ4n) is 2.77. The number of morpholine rings is 1. The van der Waals surface area contributed by atoms with E-state index in [0.29, 0.717) is 18.0 Å². The molecular weight excluding hydrogens is 366 g/mol. The van der Waals surface area contributed by atoms with Crippen LogP contribution in [-0.4, -0.2) is 62.4 Å². The molecule has 0 saturated carbocycles. The van der Waals surface area contributed by atoms with Crippen LogP contribution >= 0.6 is 11.3 Å². The predicted octanol–water partition coefficient (Wildman–Crippen LogP) is 2.10. The lowest BCUT2D eigenvalue weighted by atomic mass is 10.3. The number of carbonyl (C=O) groups is 1. The zero-order valence-electron chi connectivity index (χ0n) is 15.7. The van der Waals surface area contributed by atoms with Crippen molar-refractivity contribution >= 4 is 17.2 Å². The van der Waals surface area contributed by atoms with E-state index in [1.165, 1.54) is 11.3 Å². The van der Waals surface area contributed by atoms with Crippen molar-refractivity contribution in [3.63, 3.8) is 0 Å². The molecule has 2 heterocycles. The van der Waals surface area contributed by atoms with Gasteiger partial charge in [-0.1, -0.05) is 0 Å². The van der Waals surface area contributed by atoms with Crippen LogP contribution in [0.2, 0.25) is 0 Å². The summed E-state index contributed by atoms with van der Waals surface area (Å²) in [5.74, 6) is 1.42. The van der Waals surface area contributed by atoms with E-state index in [1.54, 1.807) is 7.11 Å². The lowest BCUT2D eigenvalue weighted by Crippen LogP contribution is -2.35. The molecule has 1 amide bonds. The molecule has 0 unspecified atom stereocenters. The van der Waals surface area contributed by atoms with Gasteiger partial charge in [-0.05, 0) is 31.2 Å². The van der Waals surface area contributed by atoms with E-state index in [1.807, 2.05) is 31.2 Å². The zero-order chi connectivity index (χ0) is 19.1. The highest BCUT2D eigenvalue weighted by Crippen LogP contribution is 2.20. The summed E-state index contributed by atoms with van der Waals surface area (Å²) in [5, 5.41) is 3.86. The van der Waals surface area contributed by atoms with Gasteiger partial charge in [0, 0.05) is 13.1 Å². The number of nitrogens with one attached hydrogen (secondary N) is 1. The summed E-state index contributed by atoms with van der Waals surface area (Å²) >= 11 is 1.46. The fourth-order valence-corrected chi connectivity index (χ4v) is 3.79. The van der Waals surface area contributed by atoms with Gasteiger partial charge in [-0.25, -0.2) is 4.98 Å². The van der Waals surface area contributed by atoms with Gasteiger partial charge in [0.25, 0.3) is 5.91 Å². The molecule has 7 nitrogen and oxygen atoms in total. The largest absolute Gasteiger partial charge is 0.497 e. The number of aryl methyl sites for hydroxylation is 1. The Kier molecular flexibility index (Phi) is 7.03. The van der Waals surface area contributed by atoms with Crippen molar-refractivity contribution in [1.82, 2.24) is 15.2 Å². The van der Waals surface area contributed by atoms with Crippen molar-refractivity contribution in [3.8, 4) is 11.5 Å². The van der Waals surface area contributed by atoms with Crippen LogP contribution in [0.3, 0.4) is 0 Å². The maximum absolute atomic E-state index is 12.4. The van der Waals surface area contributed by atoms with Gasteiger partial charge >= 0.3 is 0 Å². The Morgan fingerprint density at radius 3 is 2.67 bits per heavy atom. The number of thiazole rings is 1. The highest BCUT2D eigenvalue weighted by atomic mass is 32.1. The first kappa shape index (κ1) is 19.6. The number of rotatable bonds is 8. The monoisotopic (exact) mass is 391 g/mol. The third-order valence-corrected chi connectivity index (χ3v) is 5.37. The lowest BCUT2D eigenvalue weighted by Gasteiger charge is -2.25. The fraction of sp³-hybridized carbons (Fsp3) is 0.474. The van der Waals surface area contributed by atoms with Crippen molar-refractivity contribution in [2.24, 2.45) is 0 Å². The van der Waals surface area contributed by atoms with Crippen LogP contribution in [0.5, 0.6) is 11.5 Å². The van der Waals surface area contributed by atoms with Crippen molar-refractivity contribution in [3.05, 3.63) is 39.8 Å². The molecule has 0 radical (unpaired) electrons. The Hall–Kier alpha value is -2.16. The minimum absolute atomic E-state index is 0.100. The SMILES string of the molecule is COc1ccc(OCCNC(=O)c2sc(CN3CCOCC3)nc2C)cc1.